The van der Waals surface area contributed by atoms with Gasteiger partial charge in [0.2, 0.25) is 0 Å². The predicted octanol–water partition coefficient (Wildman–Crippen LogP) is 4.38. The topological polar surface area (TPSA) is 49.3 Å². The molecule has 2 rings (SSSR count). The fraction of sp³-hybridized carbons (Fsp3) is 0.381. The first-order valence-electron chi connectivity index (χ1n) is 8.62. The molecule has 0 saturated carbocycles. The van der Waals surface area contributed by atoms with E-state index in [-0.39, 0.29) is 12.5 Å². The molecule has 2 aromatic rings. The highest BCUT2D eigenvalue weighted by Gasteiger charge is 2.11. The van der Waals surface area contributed by atoms with Gasteiger partial charge >= 0.3 is 5.97 Å². The second-order valence-electron chi connectivity index (χ2n) is 6.60. The number of nitrogens with one attached hydrogen (secondary N) is 1. The van der Waals surface area contributed by atoms with Crippen molar-refractivity contribution in [3.8, 4) is 0 Å². The summed E-state index contributed by atoms with van der Waals surface area (Å²) in [5, 5.41) is 12.5. The van der Waals surface area contributed by atoms with Crippen molar-refractivity contribution < 1.29 is 9.90 Å². The summed E-state index contributed by atoms with van der Waals surface area (Å²) in [4.78, 5) is 10.9. The van der Waals surface area contributed by atoms with Gasteiger partial charge in [0.25, 0.3) is 0 Å². The van der Waals surface area contributed by atoms with Gasteiger partial charge < -0.3 is 10.4 Å². The van der Waals surface area contributed by atoms with E-state index in [2.05, 4.69) is 55.6 Å². The monoisotopic (exact) mass is 325 g/mol. The second-order valence-corrected chi connectivity index (χ2v) is 6.60. The van der Waals surface area contributed by atoms with Crippen molar-refractivity contribution in [1.29, 1.82) is 0 Å². The summed E-state index contributed by atoms with van der Waals surface area (Å²) in [5.74, 6) is -0.204. The third-order valence-electron chi connectivity index (χ3n) is 4.27. The van der Waals surface area contributed by atoms with E-state index >= 15 is 0 Å². The molecule has 0 saturated heterocycles. The SMILES string of the molecule is CC(C)c1ccc(CNC(CCC(=O)O)Cc2ccccc2)cc1. The zero-order valence-electron chi connectivity index (χ0n) is 14.5. The summed E-state index contributed by atoms with van der Waals surface area (Å²) in [7, 11) is 0. The zero-order valence-corrected chi connectivity index (χ0v) is 14.5. The van der Waals surface area contributed by atoms with Crippen LogP contribution < -0.4 is 5.32 Å². The molecule has 0 aliphatic rings. The molecule has 0 amide bonds. The lowest BCUT2D eigenvalue weighted by atomic mass is 10.00. The van der Waals surface area contributed by atoms with Crippen LogP contribution in [-0.4, -0.2) is 17.1 Å². The molecular weight excluding hydrogens is 298 g/mol. The molecule has 1 atom stereocenters. The first-order chi connectivity index (χ1) is 11.5. The van der Waals surface area contributed by atoms with E-state index in [0.717, 1.165) is 13.0 Å². The van der Waals surface area contributed by atoms with Gasteiger partial charge in [-0.2, -0.15) is 0 Å². The highest BCUT2D eigenvalue weighted by Crippen LogP contribution is 2.15. The van der Waals surface area contributed by atoms with Gasteiger partial charge in [-0.05, 0) is 35.4 Å². The zero-order chi connectivity index (χ0) is 17.4. The van der Waals surface area contributed by atoms with Crippen molar-refractivity contribution in [3.05, 3.63) is 71.3 Å². The number of benzene rings is 2. The molecule has 0 aromatic heterocycles. The first-order valence-corrected chi connectivity index (χ1v) is 8.62. The summed E-state index contributed by atoms with van der Waals surface area (Å²) >= 11 is 0. The van der Waals surface area contributed by atoms with Crippen LogP contribution in [0.5, 0.6) is 0 Å². The van der Waals surface area contributed by atoms with E-state index in [1.165, 1.54) is 16.7 Å². The van der Waals surface area contributed by atoms with Crippen molar-refractivity contribution in [2.75, 3.05) is 0 Å². The van der Waals surface area contributed by atoms with Gasteiger partial charge in [-0.15, -0.1) is 0 Å². The predicted molar refractivity (Wildman–Crippen MR) is 98.2 cm³/mol. The smallest absolute Gasteiger partial charge is 0.303 e. The highest BCUT2D eigenvalue weighted by atomic mass is 16.4. The molecule has 0 fully saturated rings. The van der Waals surface area contributed by atoms with E-state index < -0.39 is 5.97 Å². The Balaban J connectivity index is 1.95. The van der Waals surface area contributed by atoms with Crippen LogP contribution in [0.3, 0.4) is 0 Å². The third-order valence-corrected chi connectivity index (χ3v) is 4.27. The molecule has 0 bridgehead atoms. The number of hydrogen-bond acceptors (Lipinski definition) is 2. The van der Waals surface area contributed by atoms with Crippen LogP contribution in [-0.2, 0) is 17.8 Å². The minimum atomic E-state index is -0.740. The Hall–Kier alpha value is -2.13. The normalized spacial score (nSPS) is 12.3. The number of carbonyl (C=O) groups is 1. The average Bonchev–Trinajstić information content (AvgIpc) is 2.58. The van der Waals surface area contributed by atoms with Crippen molar-refractivity contribution >= 4 is 5.97 Å². The van der Waals surface area contributed by atoms with Crippen molar-refractivity contribution in [2.45, 2.75) is 51.6 Å². The minimum absolute atomic E-state index is 0.160. The Morgan fingerprint density at radius 1 is 1.00 bits per heavy atom. The molecule has 0 spiro atoms. The van der Waals surface area contributed by atoms with Crippen molar-refractivity contribution in [3.63, 3.8) is 0 Å². The number of rotatable bonds is 9. The molecule has 3 nitrogen and oxygen atoms in total. The van der Waals surface area contributed by atoms with Gasteiger partial charge in [-0.3, -0.25) is 4.79 Å². The Morgan fingerprint density at radius 3 is 2.25 bits per heavy atom. The maximum atomic E-state index is 10.9. The van der Waals surface area contributed by atoms with Gasteiger partial charge in [0, 0.05) is 19.0 Å². The largest absolute Gasteiger partial charge is 0.481 e. The van der Waals surface area contributed by atoms with E-state index in [1.807, 2.05) is 18.2 Å². The van der Waals surface area contributed by atoms with E-state index in [1.54, 1.807) is 0 Å². The Morgan fingerprint density at radius 2 is 1.67 bits per heavy atom. The van der Waals surface area contributed by atoms with Crippen LogP contribution in [0.4, 0.5) is 0 Å². The van der Waals surface area contributed by atoms with Crippen molar-refractivity contribution in [2.24, 2.45) is 0 Å². The Kier molecular flexibility index (Phi) is 7.01. The number of hydrogen-bond donors (Lipinski definition) is 2. The quantitative estimate of drug-likeness (QED) is 0.719. The van der Waals surface area contributed by atoms with E-state index in [4.69, 9.17) is 5.11 Å². The van der Waals surface area contributed by atoms with Crippen LogP contribution in [0.1, 0.15) is 49.3 Å². The maximum absolute atomic E-state index is 10.9. The van der Waals surface area contributed by atoms with E-state index in [0.29, 0.717) is 12.3 Å². The summed E-state index contributed by atoms with van der Waals surface area (Å²) in [5.41, 5.74) is 3.80. The Bertz CT molecular complexity index is 620. The fourth-order valence-corrected chi connectivity index (χ4v) is 2.76. The van der Waals surface area contributed by atoms with Crippen molar-refractivity contribution in [1.82, 2.24) is 5.32 Å². The molecule has 2 aromatic carbocycles. The summed E-state index contributed by atoms with van der Waals surface area (Å²) in [6.07, 6.45) is 1.67. The van der Waals surface area contributed by atoms with Gasteiger partial charge in [-0.1, -0.05) is 68.4 Å². The number of carboxylic acids is 1. The van der Waals surface area contributed by atoms with Gasteiger partial charge in [0.1, 0.15) is 0 Å². The molecule has 3 heteroatoms. The van der Waals surface area contributed by atoms with Gasteiger partial charge in [-0.25, -0.2) is 0 Å². The highest BCUT2D eigenvalue weighted by molar-refractivity contribution is 5.66. The number of carboxylic acid groups (broad SMARTS) is 1. The van der Waals surface area contributed by atoms with Crippen LogP contribution in [0.25, 0.3) is 0 Å². The molecule has 2 N–H and O–H groups in total. The van der Waals surface area contributed by atoms with Crippen LogP contribution >= 0.6 is 0 Å². The molecule has 0 aliphatic carbocycles. The lowest BCUT2D eigenvalue weighted by molar-refractivity contribution is -0.137. The van der Waals surface area contributed by atoms with Crippen LogP contribution in [0.15, 0.2) is 54.6 Å². The molecule has 0 aliphatic heterocycles. The minimum Gasteiger partial charge on any atom is -0.481 e. The van der Waals surface area contributed by atoms with Gasteiger partial charge in [0.15, 0.2) is 0 Å². The van der Waals surface area contributed by atoms with Crippen LogP contribution in [0.2, 0.25) is 0 Å². The summed E-state index contributed by atoms with van der Waals surface area (Å²) in [6, 6.07) is 19.0. The second kappa shape index (κ2) is 9.24. The lowest BCUT2D eigenvalue weighted by Gasteiger charge is -2.18. The van der Waals surface area contributed by atoms with Crippen LogP contribution in [0, 0.1) is 0 Å². The maximum Gasteiger partial charge on any atom is 0.303 e. The average molecular weight is 325 g/mol. The molecule has 1 unspecified atom stereocenters. The molecular formula is C21H27NO2. The number of aliphatic carboxylic acids is 1. The summed E-state index contributed by atoms with van der Waals surface area (Å²) < 4.78 is 0. The summed E-state index contributed by atoms with van der Waals surface area (Å²) in [6.45, 7) is 5.14. The van der Waals surface area contributed by atoms with Gasteiger partial charge in [0.05, 0.1) is 0 Å². The standard InChI is InChI=1S/C21H27NO2/c1-16(2)19-10-8-18(9-11-19)15-22-20(12-13-21(23)24)14-17-6-4-3-5-7-17/h3-11,16,20,22H,12-15H2,1-2H3,(H,23,24). The first kappa shape index (κ1) is 18.2. The molecule has 0 heterocycles. The lowest BCUT2D eigenvalue weighted by Crippen LogP contribution is -2.31. The molecule has 128 valence electrons. The molecule has 0 radical (unpaired) electrons. The molecule has 24 heavy (non-hydrogen) atoms. The fourth-order valence-electron chi connectivity index (χ4n) is 2.76. The Labute approximate surface area is 144 Å². The third kappa shape index (κ3) is 6.17. The van der Waals surface area contributed by atoms with E-state index in [9.17, 15) is 4.79 Å².